The molecule has 9 nitrogen and oxygen atoms in total. The molecule has 1 atom stereocenters. The highest BCUT2D eigenvalue weighted by molar-refractivity contribution is 6.46. The quantitative estimate of drug-likeness (QED) is 0.377. The van der Waals surface area contributed by atoms with Crippen molar-refractivity contribution in [3.8, 4) is 0 Å². The Morgan fingerprint density at radius 1 is 1.08 bits per heavy atom. The molecule has 0 aromatic heterocycles. The average molecular weight is 675 g/mol. The molecule has 1 fully saturated rings. The largest absolute Gasteiger partial charge is 0.550 e. The first-order chi connectivity index (χ1) is 22.2. The first kappa shape index (κ1) is 38.7. The van der Waals surface area contributed by atoms with Crippen LogP contribution in [0.3, 0.4) is 0 Å². The maximum atomic E-state index is 14.0. The van der Waals surface area contributed by atoms with Gasteiger partial charge in [-0.25, -0.2) is 0 Å². The monoisotopic (exact) mass is 674 g/mol. The van der Waals surface area contributed by atoms with Crippen LogP contribution in [-0.2, 0) is 15.8 Å². The number of aliphatic hydroxyl groups excluding tert-OH is 1. The van der Waals surface area contributed by atoms with Crippen LogP contribution in [0.25, 0.3) is 0 Å². The number of amides is 2. The van der Waals surface area contributed by atoms with E-state index in [0.29, 0.717) is 24.3 Å². The summed E-state index contributed by atoms with van der Waals surface area (Å²) in [5.41, 5.74) is -0.415. The zero-order valence-corrected chi connectivity index (χ0v) is 29.0. The van der Waals surface area contributed by atoms with Gasteiger partial charge in [-0.1, -0.05) is 45.0 Å². The van der Waals surface area contributed by atoms with Crippen LogP contribution in [0, 0.1) is 11.3 Å². The lowest BCUT2D eigenvalue weighted by Gasteiger charge is -2.46. The van der Waals surface area contributed by atoms with Gasteiger partial charge in [0.05, 0.1) is 39.4 Å². The molecule has 0 radical (unpaired) electrons. The number of halogens is 3. The standard InChI is InChI=1S/C31H36F3N3O4.C5H14NO/c1-19(20-8-10-21(11-9-20)27(40)35-17-14-25(38)39)37-28(41)26(22-6-5-7-24(18-22)31(32,33)34)36-30(37)15-12-23(13-16-30)29(2,3)4;1-6(2,3)4-5-7/h5-11,18-19,23H,12-17H2,1-4H3,(H,35,40)(H,38,39);7H,4-5H2,1-3H3/q;+1/p-1/t19-,23?,30?;/m1./s1. The van der Waals surface area contributed by atoms with E-state index >= 15 is 0 Å². The van der Waals surface area contributed by atoms with Crippen molar-refractivity contribution >= 4 is 23.5 Å². The molecule has 1 aliphatic carbocycles. The van der Waals surface area contributed by atoms with Crippen LogP contribution in [0.4, 0.5) is 13.2 Å². The van der Waals surface area contributed by atoms with E-state index in [9.17, 15) is 32.7 Å². The summed E-state index contributed by atoms with van der Waals surface area (Å²) >= 11 is 0. The zero-order chi connectivity index (χ0) is 36.1. The number of aliphatic hydroxyl groups is 1. The van der Waals surface area contributed by atoms with Crippen molar-refractivity contribution < 1.29 is 42.3 Å². The number of alkyl halides is 3. The van der Waals surface area contributed by atoms with Crippen LogP contribution in [-0.4, -0.2) is 84.5 Å². The van der Waals surface area contributed by atoms with Gasteiger partial charge in [0.25, 0.3) is 11.8 Å². The summed E-state index contributed by atoms with van der Waals surface area (Å²) in [4.78, 5) is 43.6. The number of quaternary nitrogens is 1. The molecule has 48 heavy (non-hydrogen) atoms. The van der Waals surface area contributed by atoms with E-state index in [1.54, 1.807) is 29.2 Å². The number of carbonyl (C=O) groups is 3. The van der Waals surface area contributed by atoms with Crippen LogP contribution in [0.15, 0.2) is 53.5 Å². The Labute approximate surface area is 281 Å². The second kappa shape index (κ2) is 15.2. The third kappa shape index (κ3) is 9.88. The minimum atomic E-state index is -4.55. The fraction of sp³-hybridized carbons (Fsp3) is 0.556. The highest BCUT2D eigenvalue weighted by atomic mass is 19.4. The van der Waals surface area contributed by atoms with E-state index in [0.717, 1.165) is 41.6 Å². The van der Waals surface area contributed by atoms with E-state index < -0.39 is 41.2 Å². The second-order valence-corrected chi connectivity index (χ2v) is 14.8. The normalized spacial score (nSPS) is 20.6. The Kier molecular flexibility index (Phi) is 12.2. The van der Waals surface area contributed by atoms with Gasteiger partial charge in [0.2, 0.25) is 0 Å². The maximum absolute atomic E-state index is 14.0. The lowest BCUT2D eigenvalue weighted by atomic mass is 9.69. The van der Waals surface area contributed by atoms with Crippen LogP contribution >= 0.6 is 0 Å². The molecule has 0 bridgehead atoms. The maximum Gasteiger partial charge on any atom is 0.416 e. The third-order valence-electron chi connectivity index (χ3n) is 9.09. The van der Waals surface area contributed by atoms with Crippen molar-refractivity contribution in [1.29, 1.82) is 0 Å². The molecule has 264 valence electrons. The lowest BCUT2D eigenvalue weighted by molar-refractivity contribution is -0.870. The molecule has 2 amide bonds. The number of carboxylic acid groups (broad SMARTS) is 1. The van der Waals surface area contributed by atoms with Gasteiger partial charge in [0, 0.05) is 30.1 Å². The SMILES string of the molecule is C[C@H](c1ccc(C(=O)NCCC(=O)[O-])cc1)N1C(=O)C(c2cccc(C(F)(F)F)c2)=NC12CCC(C(C)(C)C)CC2.C[N+](C)(C)CCO. The number of hydrogen-bond donors (Lipinski definition) is 2. The van der Waals surface area contributed by atoms with Crippen molar-refractivity contribution in [3.05, 3.63) is 70.8 Å². The number of aliphatic imine (C=N–C) groups is 1. The second-order valence-electron chi connectivity index (χ2n) is 14.8. The topological polar surface area (TPSA) is 122 Å². The van der Waals surface area contributed by atoms with E-state index in [-0.39, 0.29) is 36.3 Å². The summed E-state index contributed by atoms with van der Waals surface area (Å²) in [6.45, 7) is 9.46. The number of carboxylic acids is 1. The van der Waals surface area contributed by atoms with Gasteiger partial charge >= 0.3 is 6.18 Å². The number of rotatable bonds is 9. The number of carbonyl (C=O) groups excluding carboxylic acids is 3. The predicted octanol–water partition coefficient (Wildman–Crippen LogP) is 4.59. The van der Waals surface area contributed by atoms with Gasteiger partial charge < -0.3 is 29.7 Å². The summed E-state index contributed by atoms with van der Waals surface area (Å²) in [7, 11) is 6.16. The summed E-state index contributed by atoms with van der Waals surface area (Å²) < 4.78 is 41.3. The van der Waals surface area contributed by atoms with Crippen molar-refractivity contribution in [2.75, 3.05) is 40.8 Å². The van der Waals surface area contributed by atoms with E-state index in [1.807, 2.05) is 6.92 Å². The Bertz CT molecular complexity index is 1470. The minimum absolute atomic E-state index is 0.0288. The smallest absolute Gasteiger partial charge is 0.416 e. The first-order valence-electron chi connectivity index (χ1n) is 16.3. The van der Waals surface area contributed by atoms with Crippen LogP contribution in [0.5, 0.6) is 0 Å². The van der Waals surface area contributed by atoms with Crippen molar-refractivity contribution in [3.63, 3.8) is 0 Å². The molecule has 1 spiro atoms. The zero-order valence-electron chi connectivity index (χ0n) is 29.0. The Hall–Kier alpha value is -3.77. The number of benzene rings is 2. The van der Waals surface area contributed by atoms with Gasteiger partial charge in [-0.15, -0.1) is 0 Å². The van der Waals surface area contributed by atoms with Gasteiger partial charge in [0.1, 0.15) is 17.9 Å². The van der Waals surface area contributed by atoms with Gasteiger partial charge in [-0.3, -0.25) is 14.6 Å². The molecule has 1 heterocycles. The number of aliphatic carboxylic acids is 1. The Morgan fingerprint density at radius 2 is 1.69 bits per heavy atom. The predicted molar refractivity (Wildman–Crippen MR) is 176 cm³/mol. The molecule has 2 aliphatic rings. The van der Waals surface area contributed by atoms with Crippen LogP contribution in [0.1, 0.15) is 92.9 Å². The van der Waals surface area contributed by atoms with Gasteiger partial charge in [-0.2, -0.15) is 13.2 Å². The van der Waals surface area contributed by atoms with E-state index in [2.05, 4.69) is 47.2 Å². The molecule has 0 saturated heterocycles. The molecule has 0 unspecified atom stereocenters. The average Bonchev–Trinajstić information content (AvgIpc) is 3.26. The van der Waals surface area contributed by atoms with Crippen LogP contribution in [0.2, 0.25) is 0 Å². The fourth-order valence-corrected chi connectivity index (χ4v) is 6.22. The Balaban J connectivity index is 0.000000804. The molecule has 2 aromatic rings. The number of nitrogens with one attached hydrogen (secondary N) is 1. The highest BCUT2D eigenvalue weighted by Gasteiger charge is 2.52. The number of nitrogens with zero attached hydrogens (tertiary/aromatic N) is 3. The van der Waals surface area contributed by atoms with E-state index in [1.165, 1.54) is 12.1 Å². The molecular formula is C36H49F3N4O5. The molecule has 12 heteroatoms. The number of likely N-dealkylation sites (N-methyl/N-ethyl adjacent to an activating group) is 1. The Morgan fingerprint density at radius 3 is 2.17 bits per heavy atom. The summed E-state index contributed by atoms with van der Waals surface area (Å²) in [5, 5.41) is 21.5. The minimum Gasteiger partial charge on any atom is -0.550 e. The molecule has 4 rings (SSSR count). The molecule has 1 saturated carbocycles. The molecule has 2 N–H and O–H groups in total. The molecular weight excluding hydrogens is 625 g/mol. The summed E-state index contributed by atoms with van der Waals surface area (Å²) in [6.07, 6.45) is -2.02. The van der Waals surface area contributed by atoms with Crippen molar-refractivity contribution in [2.45, 2.75) is 77.7 Å². The summed E-state index contributed by atoms with van der Waals surface area (Å²) in [6, 6.07) is 10.9. The first-order valence-corrected chi connectivity index (χ1v) is 16.3. The summed E-state index contributed by atoms with van der Waals surface area (Å²) in [5.74, 6) is -1.70. The lowest BCUT2D eigenvalue weighted by Crippen LogP contribution is -2.50. The van der Waals surface area contributed by atoms with Crippen LogP contribution < -0.4 is 10.4 Å². The van der Waals surface area contributed by atoms with Gasteiger partial charge in [0.15, 0.2) is 0 Å². The molecule has 1 aliphatic heterocycles. The molecule has 2 aromatic carbocycles. The highest BCUT2D eigenvalue weighted by Crippen LogP contribution is 2.49. The van der Waals surface area contributed by atoms with Crippen molar-refractivity contribution in [2.24, 2.45) is 16.3 Å². The number of hydrogen-bond acceptors (Lipinski definition) is 6. The van der Waals surface area contributed by atoms with Crippen molar-refractivity contribution in [1.82, 2.24) is 10.2 Å². The van der Waals surface area contributed by atoms with E-state index in [4.69, 9.17) is 10.1 Å². The third-order valence-corrected chi connectivity index (χ3v) is 9.09. The fourth-order valence-electron chi connectivity index (χ4n) is 6.22. The van der Waals surface area contributed by atoms with Gasteiger partial charge in [-0.05, 0) is 73.8 Å².